The van der Waals surface area contributed by atoms with E-state index in [9.17, 15) is 0 Å². The van der Waals surface area contributed by atoms with Crippen molar-refractivity contribution in [1.82, 2.24) is 4.90 Å². The molecule has 1 aliphatic rings. The SMILES string of the molecule is [N-]=[N+]=NCCCN1CCOCC1CO. The molecule has 0 spiro atoms. The summed E-state index contributed by atoms with van der Waals surface area (Å²) in [7, 11) is 0. The highest BCUT2D eigenvalue weighted by molar-refractivity contribution is 4.74. The fourth-order valence-corrected chi connectivity index (χ4v) is 1.54. The lowest BCUT2D eigenvalue weighted by atomic mass is 10.2. The van der Waals surface area contributed by atoms with E-state index in [1.165, 1.54) is 0 Å². The van der Waals surface area contributed by atoms with E-state index in [4.69, 9.17) is 15.4 Å². The van der Waals surface area contributed by atoms with Gasteiger partial charge in [0.15, 0.2) is 0 Å². The topological polar surface area (TPSA) is 81.5 Å². The molecule has 0 amide bonds. The van der Waals surface area contributed by atoms with Crippen molar-refractivity contribution >= 4 is 0 Å². The number of nitrogens with zero attached hydrogens (tertiary/aromatic N) is 4. The molecule has 80 valence electrons. The first kappa shape index (κ1) is 11.3. The zero-order valence-electron chi connectivity index (χ0n) is 8.17. The van der Waals surface area contributed by atoms with Gasteiger partial charge in [0.25, 0.3) is 0 Å². The van der Waals surface area contributed by atoms with Crippen LogP contribution in [0.2, 0.25) is 0 Å². The van der Waals surface area contributed by atoms with Crippen molar-refractivity contribution in [3.8, 4) is 0 Å². The summed E-state index contributed by atoms with van der Waals surface area (Å²) in [5.74, 6) is 0. The number of ether oxygens (including phenoxy) is 1. The molecule has 0 aromatic rings. The summed E-state index contributed by atoms with van der Waals surface area (Å²) in [5, 5.41) is 12.5. The third-order valence-electron chi connectivity index (χ3n) is 2.33. The second-order valence-corrected chi connectivity index (χ2v) is 3.26. The van der Waals surface area contributed by atoms with E-state index in [1.807, 2.05) is 0 Å². The molecule has 0 radical (unpaired) electrons. The second-order valence-electron chi connectivity index (χ2n) is 3.26. The molecule has 1 unspecified atom stereocenters. The lowest BCUT2D eigenvalue weighted by molar-refractivity contribution is -0.0273. The fraction of sp³-hybridized carbons (Fsp3) is 1.00. The molecule has 1 atom stereocenters. The highest BCUT2D eigenvalue weighted by Gasteiger charge is 2.21. The van der Waals surface area contributed by atoms with E-state index in [-0.39, 0.29) is 12.6 Å². The number of azide groups is 1. The Morgan fingerprint density at radius 1 is 1.64 bits per heavy atom. The number of hydrogen-bond acceptors (Lipinski definition) is 4. The number of aliphatic hydroxyl groups is 1. The predicted octanol–water partition coefficient (Wildman–Crippen LogP) is 0.380. The van der Waals surface area contributed by atoms with Crippen molar-refractivity contribution in [1.29, 1.82) is 0 Å². The molecule has 6 nitrogen and oxygen atoms in total. The van der Waals surface area contributed by atoms with Crippen LogP contribution in [0.3, 0.4) is 0 Å². The molecule has 14 heavy (non-hydrogen) atoms. The summed E-state index contributed by atoms with van der Waals surface area (Å²) in [6, 6.07) is 0.106. The van der Waals surface area contributed by atoms with E-state index in [1.54, 1.807) is 0 Å². The molecule has 0 aromatic carbocycles. The first-order valence-electron chi connectivity index (χ1n) is 4.82. The maximum atomic E-state index is 9.06. The van der Waals surface area contributed by atoms with Gasteiger partial charge in [-0.05, 0) is 18.5 Å². The standard InChI is InChI=1S/C8H16N4O2/c9-11-10-2-1-3-12-4-5-14-7-8(12)6-13/h8,13H,1-7H2. The number of rotatable bonds is 5. The van der Waals surface area contributed by atoms with Crippen LogP contribution in [0, 0.1) is 0 Å². The highest BCUT2D eigenvalue weighted by Crippen LogP contribution is 2.06. The van der Waals surface area contributed by atoms with Crippen molar-refractivity contribution < 1.29 is 9.84 Å². The summed E-state index contributed by atoms with van der Waals surface area (Å²) < 4.78 is 5.25. The lowest BCUT2D eigenvalue weighted by Gasteiger charge is -2.34. The van der Waals surface area contributed by atoms with Crippen LogP contribution < -0.4 is 0 Å². The van der Waals surface area contributed by atoms with Crippen LogP contribution in [-0.2, 0) is 4.74 Å². The molecular weight excluding hydrogens is 184 g/mol. The average Bonchev–Trinajstić information content (AvgIpc) is 2.25. The van der Waals surface area contributed by atoms with Gasteiger partial charge in [-0.15, -0.1) is 0 Å². The van der Waals surface area contributed by atoms with Crippen LogP contribution >= 0.6 is 0 Å². The molecule has 1 rings (SSSR count). The van der Waals surface area contributed by atoms with Gasteiger partial charge in [-0.1, -0.05) is 5.11 Å². The molecule has 1 heterocycles. The first-order chi connectivity index (χ1) is 6.88. The molecule has 0 bridgehead atoms. The molecule has 6 heteroatoms. The Morgan fingerprint density at radius 2 is 2.50 bits per heavy atom. The maximum absolute atomic E-state index is 9.06. The second kappa shape index (κ2) is 6.62. The Hall–Kier alpha value is -0.810. The lowest BCUT2D eigenvalue weighted by Crippen LogP contribution is -2.47. The van der Waals surface area contributed by atoms with Crippen molar-refractivity contribution in [2.75, 3.05) is 39.5 Å². The van der Waals surface area contributed by atoms with Crippen molar-refractivity contribution in [3.05, 3.63) is 10.4 Å². The Labute approximate surface area is 83.1 Å². The molecule has 1 fully saturated rings. The van der Waals surface area contributed by atoms with E-state index in [0.717, 1.165) is 26.1 Å². The van der Waals surface area contributed by atoms with Crippen molar-refractivity contribution in [2.45, 2.75) is 12.5 Å². The first-order valence-corrected chi connectivity index (χ1v) is 4.82. The molecule has 1 saturated heterocycles. The molecule has 0 saturated carbocycles. The Morgan fingerprint density at radius 3 is 3.21 bits per heavy atom. The van der Waals surface area contributed by atoms with Gasteiger partial charge in [0, 0.05) is 18.0 Å². The monoisotopic (exact) mass is 200 g/mol. The van der Waals surface area contributed by atoms with Crippen LogP contribution in [0.25, 0.3) is 10.4 Å². The minimum Gasteiger partial charge on any atom is -0.395 e. The minimum absolute atomic E-state index is 0.106. The Kier molecular flexibility index (Phi) is 5.32. The van der Waals surface area contributed by atoms with Crippen LogP contribution in [-0.4, -0.2) is 55.5 Å². The van der Waals surface area contributed by atoms with Gasteiger partial charge in [0.2, 0.25) is 0 Å². The Bertz CT molecular complexity index is 206. The molecule has 1 N–H and O–H groups in total. The summed E-state index contributed by atoms with van der Waals surface area (Å²) in [6.45, 7) is 3.67. The van der Waals surface area contributed by atoms with Gasteiger partial charge in [-0.25, -0.2) is 0 Å². The highest BCUT2D eigenvalue weighted by atomic mass is 16.5. The molecule has 0 aliphatic carbocycles. The number of hydrogen-bond donors (Lipinski definition) is 1. The zero-order chi connectivity index (χ0) is 10.2. The molecule has 0 aromatic heterocycles. The van der Waals surface area contributed by atoms with Gasteiger partial charge in [-0.3, -0.25) is 4.90 Å². The smallest absolute Gasteiger partial charge is 0.0644 e. The van der Waals surface area contributed by atoms with E-state index in [0.29, 0.717) is 13.2 Å². The van der Waals surface area contributed by atoms with Crippen molar-refractivity contribution in [3.63, 3.8) is 0 Å². The fourth-order valence-electron chi connectivity index (χ4n) is 1.54. The van der Waals surface area contributed by atoms with Gasteiger partial charge in [0.05, 0.1) is 25.9 Å². The van der Waals surface area contributed by atoms with Gasteiger partial charge in [-0.2, -0.15) is 0 Å². The van der Waals surface area contributed by atoms with E-state index >= 15 is 0 Å². The largest absolute Gasteiger partial charge is 0.395 e. The van der Waals surface area contributed by atoms with Gasteiger partial charge >= 0.3 is 0 Å². The number of aliphatic hydroxyl groups excluding tert-OH is 1. The normalized spacial score (nSPS) is 23.1. The minimum atomic E-state index is 0.106. The van der Waals surface area contributed by atoms with Crippen LogP contribution in [0.1, 0.15) is 6.42 Å². The predicted molar refractivity (Wildman–Crippen MR) is 51.9 cm³/mol. The third-order valence-corrected chi connectivity index (χ3v) is 2.33. The molecule has 1 aliphatic heterocycles. The third kappa shape index (κ3) is 3.51. The maximum Gasteiger partial charge on any atom is 0.0644 e. The Balaban J connectivity index is 2.22. The quantitative estimate of drug-likeness (QED) is 0.301. The summed E-state index contributed by atoms with van der Waals surface area (Å²) in [4.78, 5) is 4.87. The average molecular weight is 200 g/mol. The summed E-state index contributed by atoms with van der Waals surface area (Å²) >= 11 is 0. The zero-order valence-corrected chi connectivity index (χ0v) is 8.17. The molecular formula is C8H16N4O2. The van der Waals surface area contributed by atoms with Crippen LogP contribution in [0.15, 0.2) is 5.11 Å². The van der Waals surface area contributed by atoms with E-state index in [2.05, 4.69) is 14.9 Å². The van der Waals surface area contributed by atoms with E-state index < -0.39 is 0 Å². The van der Waals surface area contributed by atoms with Crippen molar-refractivity contribution in [2.24, 2.45) is 5.11 Å². The van der Waals surface area contributed by atoms with Crippen LogP contribution in [0.5, 0.6) is 0 Å². The summed E-state index contributed by atoms with van der Waals surface area (Å²) in [5.41, 5.74) is 8.09. The van der Waals surface area contributed by atoms with Gasteiger partial charge < -0.3 is 9.84 Å². The summed E-state index contributed by atoms with van der Waals surface area (Å²) in [6.07, 6.45) is 0.834. The number of morpholine rings is 1. The van der Waals surface area contributed by atoms with Crippen LogP contribution in [0.4, 0.5) is 0 Å². The van der Waals surface area contributed by atoms with Gasteiger partial charge in [0.1, 0.15) is 0 Å².